The number of rotatable bonds is 3. The second kappa shape index (κ2) is 6.31. The zero-order valence-electron chi connectivity index (χ0n) is 11.0. The minimum Gasteiger partial charge on any atom is -0.310 e. The van der Waals surface area contributed by atoms with Crippen molar-refractivity contribution in [3.05, 3.63) is 24.3 Å². The van der Waals surface area contributed by atoms with Crippen LogP contribution in [0.15, 0.2) is 29.2 Å². The lowest BCUT2D eigenvalue weighted by Gasteiger charge is -2.20. The summed E-state index contributed by atoms with van der Waals surface area (Å²) in [7, 11) is 0. The standard InChI is InChI=1S/C13H12F3NO2S2/c1-8(18)20-9-6-12(19)17(7-9)10-4-2-3-5-11(10)21-13(14,15)16/h2-5,9H,6-7H2,1H3. The lowest BCUT2D eigenvalue weighted by molar-refractivity contribution is -0.117. The Labute approximate surface area is 128 Å². The van der Waals surface area contributed by atoms with Gasteiger partial charge in [0.25, 0.3) is 0 Å². The maximum Gasteiger partial charge on any atom is 0.446 e. The van der Waals surface area contributed by atoms with E-state index in [-0.39, 0.29) is 51.6 Å². The van der Waals surface area contributed by atoms with E-state index in [4.69, 9.17) is 0 Å². The van der Waals surface area contributed by atoms with Gasteiger partial charge in [0.2, 0.25) is 5.91 Å². The molecule has 2 rings (SSSR count). The van der Waals surface area contributed by atoms with Crippen molar-refractivity contribution in [2.24, 2.45) is 0 Å². The van der Waals surface area contributed by atoms with Gasteiger partial charge in [-0.05, 0) is 23.9 Å². The van der Waals surface area contributed by atoms with Crippen LogP contribution in [0, 0.1) is 0 Å². The maximum absolute atomic E-state index is 12.6. The minimum absolute atomic E-state index is 0.00757. The van der Waals surface area contributed by atoms with E-state index < -0.39 is 5.51 Å². The zero-order chi connectivity index (χ0) is 15.6. The fraction of sp³-hybridized carbons (Fsp3) is 0.385. The van der Waals surface area contributed by atoms with Crippen LogP contribution in [0.3, 0.4) is 0 Å². The molecule has 1 aromatic carbocycles. The summed E-state index contributed by atoms with van der Waals surface area (Å²) < 4.78 is 37.7. The fourth-order valence-corrected chi connectivity index (χ4v) is 3.71. The van der Waals surface area contributed by atoms with E-state index in [1.807, 2.05) is 0 Å². The second-order valence-corrected chi connectivity index (χ2v) is 7.04. The van der Waals surface area contributed by atoms with Crippen molar-refractivity contribution in [1.82, 2.24) is 0 Å². The number of nitrogens with zero attached hydrogens (tertiary/aromatic N) is 1. The zero-order valence-corrected chi connectivity index (χ0v) is 12.6. The lowest BCUT2D eigenvalue weighted by atomic mass is 10.3. The smallest absolute Gasteiger partial charge is 0.310 e. The number of amides is 1. The van der Waals surface area contributed by atoms with Crippen molar-refractivity contribution in [1.29, 1.82) is 0 Å². The van der Waals surface area contributed by atoms with Gasteiger partial charge in [0, 0.05) is 30.0 Å². The summed E-state index contributed by atoms with van der Waals surface area (Å²) in [6.07, 6.45) is 0.162. The highest BCUT2D eigenvalue weighted by Gasteiger charge is 2.36. The van der Waals surface area contributed by atoms with Crippen molar-refractivity contribution in [2.45, 2.75) is 29.0 Å². The first-order valence-electron chi connectivity index (χ1n) is 6.08. The van der Waals surface area contributed by atoms with Gasteiger partial charge in [0.05, 0.1) is 5.69 Å². The second-order valence-electron chi connectivity index (χ2n) is 4.46. The van der Waals surface area contributed by atoms with Gasteiger partial charge >= 0.3 is 5.51 Å². The Morgan fingerprint density at radius 1 is 1.33 bits per heavy atom. The van der Waals surface area contributed by atoms with Crippen LogP contribution in [0.5, 0.6) is 0 Å². The van der Waals surface area contributed by atoms with Gasteiger partial charge in [0.15, 0.2) is 5.12 Å². The van der Waals surface area contributed by atoms with Crippen LogP contribution in [0.1, 0.15) is 13.3 Å². The Morgan fingerprint density at radius 2 is 2.00 bits per heavy atom. The lowest BCUT2D eigenvalue weighted by Crippen LogP contribution is -2.25. The van der Waals surface area contributed by atoms with Crippen LogP contribution in [0.2, 0.25) is 0 Å². The Kier molecular flexibility index (Phi) is 4.88. The molecule has 1 unspecified atom stereocenters. The van der Waals surface area contributed by atoms with Gasteiger partial charge in [-0.3, -0.25) is 9.59 Å². The summed E-state index contributed by atoms with van der Waals surface area (Å²) in [5, 5.41) is -0.313. The molecular formula is C13H12F3NO2S2. The number of anilines is 1. The van der Waals surface area contributed by atoms with Crippen LogP contribution in [-0.4, -0.2) is 28.3 Å². The number of hydrogen-bond donors (Lipinski definition) is 0. The topological polar surface area (TPSA) is 37.4 Å². The monoisotopic (exact) mass is 335 g/mol. The summed E-state index contributed by atoms with van der Waals surface area (Å²) in [5.74, 6) is -0.260. The predicted molar refractivity (Wildman–Crippen MR) is 77.4 cm³/mol. The molecule has 0 N–H and O–H groups in total. The number of para-hydroxylation sites is 1. The third kappa shape index (κ3) is 4.41. The highest BCUT2D eigenvalue weighted by Crippen LogP contribution is 2.42. The Balaban J connectivity index is 2.22. The first-order chi connectivity index (χ1) is 9.76. The Morgan fingerprint density at radius 3 is 2.62 bits per heavy atom. The van der Waals surface area contributed by atoms with E-state index in [1.165, 1.54) is 30.0 Å². The quantitative estimate of drug-likeness (QED) is 0.790. The van der Waals surface area contributed by atoms with Gasteiger partial charge in [-0.15, -0.1) is 0 Å². The summed E-state index contributed by atoms with van der Waals surface area (Å²) >= 11 is 0.817. The summed E-state index contributed by atoms with van der Waals surface area (Å²) in [5.41, 5.74) is -4.16. The van der Waals surface area contributed by atoms with E-state index in [9.17, 15) is 22.8 Å². The SMILES string of the molecule is CC(=O)SC1CC(=O)N(c2ccccc2SC(F)(F)F)C1. The van der Waals surface area contributed by atoms with Crippen molar-refractivity contribution in [2.75, 3.05) is 11.4 Å². The number of hydrogen-bond acceptors (Lipinski definition) is 4. The minimum atomic E-state index is -4.41. The van der Waals surface area contributed by atoms with E-state index in [2.05, 4.69) is 0 Å². The van der Waals surface area contributed by atoms with Gasteiger partial charge in [-0.1, -0.05) is 23.9 Å². The molecule has 8 heteroatoms. The number of carbonyl (C=O) groups excluding carboxylic acids is 2. The molecule has 114 valence electrons. The largest absolute Gasteiger partial charge is 0.446 e. The van der Waals surface area contributed by atoms with Gasteiger partial charge < -0.3 is 4.90 Å². The molecule has 1 heterocycles. The molecule has 1 aliphatic rings. The first kappa shape index (κ1) is 16.2. The Hall–Kier alpha value is -1.15. The number of alkyl halides is 3. The summed E-state index contributed by atoms with van der Waals surface area (Å²) in [6, 6.07) is 5.92. The molecule has 0 saturated carbocycles. The van der Waals surface area contributed by atoms with Crippen LogP contribution >= 0.6 is 23.5 Å². The predicted octanol–water partition coefficient (Wildman–Crippen LogP) is 3.68. The van der Waals surface area contributed by atoms with Crippen LogP contribution in [-0.2, 0) is 9.59 Å². The fourth-order valence-electron chi connectivity index (χ4n) is 2.11. The molecule has 1 amide bonds. The summed E-state index contributed by atoms with van der Waals surface area (Å²) in [4.78, 5) is 24.4. The molecular weight excluding hydrogens is 323 g/mol. The van der Waals surface area contributed by atoms with Gasteiger partial charge in [-0.2, -0.15) is 13.2 Å². The van der Waals surface area contributed by atoms with Crippen molar-refractivity contribution in [3.8, 4) is 0 Å². The van der Waals surface area contributed by atoms with Gasteiger partial charge in [-0.25, -0.2) is 0 Å². The molecule has 0 spiro atoms. The average molecular weight is 335 g/mol. The summed E-state index contributed by atoms with van der Waals surface area (Å²) in [6.45, 7) is 1.66. The van der Waals surface area contributed by atoms with E-state index in [0.717, 1.165) is 11.8 Å². The number of carbonyl (C=O) groups is 2. The molecule has 1 atom stereocenters. The Bertz CT molecular complexity index is 563. The highest BCUT2D eigenvalue weighted by atomic mass is 32.2. The molecule has 0 bridgehead atoms. The third-order valence-electron chi connectivity index (χ3n) is 2.80. The molecule has 1 aromatic rings. The van der Waals surface area contributed by atoms with Crippen LogP contribution in [0.4, 0.5) is 18.9 Å². The van der Waals surface area contributed by atoms with E-state index in [1.54, 1.807) is 6.07 Å². The first-order valence-corrected chi connectivity index (χ1v) is 7.78. The molecule has 21 heavy (non-hydrogen) atoms. The molecule has 3 nitrogen and oxygen atoms in total. The van der Waals surface area contributed by atoms with Crippen molar-refractivity contribution < 1.29 is 22.8 Å². The number of benzene rings is 1. The molecule has 1 aliphatic heterocycles. The molecule has 1 saturated heterocycles. The molecule has 1 fully saturated rings. The van der Waals surface area contributed by atoms with Crippen LogP contribution in [0.25, 0.3) is 0 Å². The molecule has 0 aliphatic carbocycles. The van der Waals surface area contributed by atoms with E-state index >= 15 is 0 Å². The highest BCUT2D eigenvalue weighted by molar-refractivity contribution is 8.14. The average Bonchev–Trinajstić information content (AvgIpc) is 2.67. The maximum atomic E-state index is 12.6. The molecule has 0 aromatic heterocycles. The van der Waals surface area contributed by atoms with Crippen molar-refractivity contribution >= 4 is 40.2 Å². The number of thioether (sulfide) groups is 2. The normalized spacial score (nSPS) is 19.1. The third-order valence-corrected chi connectivity index (χ3v) is 4.58. The molecule has 0 radical (unpaired) electrons. The van der Waals surface area contributed by atoms with Gasteiger partial charge in [0.1, 0.15) is 0 Å². The number of halogens is 3. The van der Waals surface area contributed by atoms with E-state index in [0.29, 0.717) is 0 Å². The van der Waals surface area contributed by atoms with Crippen LogP contribution < -0.4 is 4.90 Å². The van der Waals surface area contributed by atoms with Crippen molar-refractivity contribution in [3.63, 3.8) is 0 Å².